The molecule has 3 nitrogen and oxygen atoms in total. The molecule has 1 heterocycles. The van der Waals surface area contributed by atoms with Gasteiger partial charge in [0, 0.05) is 11.1 Å². The van der Waals surface area contributed by atoms with Gasteiger partial charge in [-0.2, -0.15) is 0 Å². The first-order valence-corrected chi connectivity index (χ1v) is 6.63. The second kappa shape index (κ2) is 4.13. The summed E-state index contributed by atoms with van der Waals surface area (Å²) in [5.74, 6) is 1.09. The maximum absolute atomic E-state index is 4.79. The standard InChI is InChI=1S/C14H25N3/c1-6-15-8-11-16-10-7-13(2,3)9-14(4,5)12(10)17-11/h15H,6-9H2,1-5H3,(H,16,17). The number of hydrogen-bond acceptors (Lipinski definition) is 2. The van der Waals surface area contributed by atoms with Crippen molar-refractivity contribution in [3.63, 3.8) is 0 Å². The van der Waals surface area contributed by atoms with E-state index in [1.54, 1.807) is 0 Å². The molecule has 0 aliphatic heterocycles. The Balaban J connectivity index is 2.30. The Bertz CT molecular complexity index is 402. The minimum absolute atomic E-state index is 0.193. The van der Waals surface area contributed by atoms with Gasteiger partial charge in [-0.25, -0.2) is 4.98 Å². The molecule has 2 rings (SSSR count). The van der Waals surface area contributed by atoms with E-state index in [0.717, 1.165) is 25.3 Å². The molecule has 1 aromatic rings. The molecule has 0 atom stereocenters. The molecule has 17 heavy (non-hydrogen) atoms. The average Bonchev–Trinajstić information content (AvgIpc) is 2.55. The zero-order valence-corrected chi connectivity index (χ0v) is 11.8. The highest BCUT2D eigenvalue weighted by Crippen LogP contribution is 2.44. The number of rotatable bonds is 3. The van der Waals surface area contributed by atoms with Crippen LogP contribution in [0, 0.1) is 5.41 Å². The molecule has 1 aromatic heterocycles. The SMILES string of the molecule is CCNCc1nc2c([nH]1)CC(C)(C)CC2(C)C. The molecule has 0 unspecified atom stereocenters. The summed E-state index contributed by atoms with van der Waals surface area (Å²) in [5, 5.41) is 3.33. The van der Waals surface area contributed by atoms with Gasteiger partial charge in [0.2, 0.25) is 0 Å². The summed E-state index contributed by atoms with van der Waals surface area (Å²) in [7, 11) is 0. The van der Waals surface area contributed by atoms with Crippen molar-refractivity contribution in [3.05, 3.63) is 17.2 Å². The van der Waals surface area contributed by atoms with Gasteiger partial charge in [-0.3, -0.25) is 0 Å². The lowest BCUT2D eigenvalue weighted by molar-refractivity contribution is 0.226. The number of nitrogens with zero attached hydrogens (tertiary/aromatic N) is 1. The third-order valence-corrected chi connectivity index (χ3v) is 3.59. The molecular formula is C14H25N3. The Morgan fingerprint density at radius 3 is 2.65 bits per heavy atom. The number of nitrogens with one attached hydrogen (secondary N) is 2. The van der Waals surface area contributed by atoms with Crippen molar-refractivity contribution in [1.82, 2.24) is 15.3 Å². The third kappa shape index (κ3) is 2.54. The van der Waals surface area contributed by atoms with E-state index < -0.39 is 0 Å². The highest BCUT2D eigenvalue weighted by molar-refractivity contribution is 5.28. The maximum Gasteiger partial charge on any atom is 0.120 e. The Morgan fingerprint density at radius 2 is 2.00 bits per heavy atom. The van der Waals surface area contributed by atoms with Crippen LogP contribution in [-0.4, -0.2) is 16.5 Å². The van der Waals surface area contributed by atoms with Crippen molar-refractivity contribution >= 4 is 0 Å². The summed E-state index contributed by atoms with van der Waals surface area (Å²) in [6, 6.07) is 0. The maximum atomic E-state index is 4.79. The first-order valence-electron chi connectivity index (χ1n) is 6.63. The molecule has 0 aromatic carbocycles. The van der Waals surface area contributed by atoms with Gasteiger partial charge in [0.25, 0.3) is 0 Å². The van der Waals surface area contributed by atoms with Crippen molar-refractivity contribution in [3.8, 4) is 0 Å². The van der Waals surface area contributed by atoms with Crippen molar-refractivity contribution in [2.75, 3.05) is 6.54 Å². The van der Waals surface area contributed by atoms with Gasteiger partial charge in [-0.1, -0.05) is 34.6 Å². The minimum atomic E-state index is 0.193. The molecule has 3 heteroatoms. The molecule has 2 N–H and O–H groups in total. The van der Waals surface area contributed by atoms with Gasteiger partial charge in [-0.05, 0) is 24.8 Å². The first kappa shape index (κ1) is 12.6. The zero-order chi connectivity index (χ0) is 12.7. The number of fused-ring (bicyclic) bond motifs is 1. The van der Waals surface area contributed by atoms with Gasteiger partial charge in [0.1, 0.15) is 5.82 Å². The highest BCUT2D eigenvalue weighted by Gasteiger charge is 2.39. The van der Waals surface area contributed by atoms with Crippen LogP contribution >= 0.6 is 0 Å². The van der Waals surface area contributed by atoms with E-state index in [4.69, 9.17) is 4.98 Å². The quantitative estimate of drug-likeness (QED) is 0.846. The van der Waals surface area contributed by atoms with Crippen LogP contribution in [0.4, 0.5) is 0 Å². The van der Waals surface area contributed by atoms with Crippen LogP contribution in [0.15, 0.2) is 0 Å². The Labute approximate surface area is 104 Å². The molecule has 0 amide bonds. The highest BCUT2D eigenvalue weighted by atomic mass is 15.0. The fourth-order valence-electron chi connectivity index (χ4n) is 3.30. The van der Waals surface area contributed by atoms with Gasteiger partial charge in [-0.15, -0.1) is 0 Å². The summed E-state index contributed by atoms with van der Waals surface area (Å²) >= 11 is 0. The van der Waals surface area contributed by atoms with E-state index in [-0.39, 0.29) is 5.41 Å². The summed E-state index contributed by atoms with van der Waals surface area (Å²) in [5.41, 5.74) is 3.19. The van der Waals surface area contributed by atoms with E-state index in [2.05, 4.69) is 44.9 Å². The molecule has 0 saturated heterocycles. The first-order chi connectivity index (χ1) is 7.84. The van der Waals surface area contributed by atoms with Gasteiger partial charge < -0.3 is 10.3 Å². The van der Waals surface area contributed by atoms with Crippen molar-refractivity contribution in [2.45, 2.75) is 59.4 Å². The van der Waals surface area contributed by atoms with Crippen LogP contribution in [0.3, 0.4) is 0 Å². The topological polar surface area (TPSA) is 40.7 Å². The summed E-state index contributed by atoms with van der Waals surface area (Å²) in [6.07, 6.45) is 2.32. The normalized spacial score (nSPS) is 21.2. The lowest BCUT2D eigenvalue weighted by Crippen LogP contribution is -2.34. The predicted octanol–water partition coefficient (Wildman–Crippen LogP) is 2.77. The number of aromatic nitrogens is 2. The number of aromatic amines is 1. The minimum Gasteiger partial charge on any atom is -0.345 e. The van der Waals surface area contributed by atoms with Crippen LogP contribution in [-0.2, 0) is 18.4 Å². The Morgan fingerprint density at radius 1 is 1.29 bits per heavy atom. The summed E-state index contributed by atoms with van der Waals surface area (Å²) in [6.45, 7) is 13.3. The lowest BCUT2D eigenvalue weighted by atomic mass is 9.66. The largest absolute Gasteiger partial charge is 0.345 e. The Kier molecular flexibility index (Phi) is 3.06. The molecule has 0 saturated carbocycles. The average molecular weight is 235 g/mol. The smallest absolute Gasteiger partial charge is 0.120 e. The Hall–Kier alpha value is -0.830. The molecule has 0 bridgehead atoms. The van der Waals surface area contributed by atoms with Gasteiger partial charge in [0.15, 0.2) is 0 Å². The van der Waals surface area contributed by atoms with E-state index in [9.17, 15) is 0 Å². The molecule has 0 spiro atoms. The fraction of sp³-hybridized carbons (Fsp3) is 0.786. The molecular weight excluding hydrogens is 210 g/mol. The van der Waals surface area contributed by atoms with Crippen LogP contribution in [0.1, 0.15) is 58.3 Å². The van der Waals surface area contributed by atoms with Gasteiger partial charge in [0.05, 0.1) is 12.2 Å². The summed E-state index contributed by atoms with van der Waals surface area (Å²) in [4.78, 5) is 8.29. The number of imidazole rings is 1. The molecule has 1 aliphatic rings. The van der Waals surface area contributed by atoms with Crippen molar-refractivity contribution in [2.24, 2.45) is 5.41 Å². The van der Waals surface area contributed by atoms with Crippen LogP contribution in [0.25, 0.3) is 0 Å². The second-order valence-electron chi connectivity index (χ2n) is 6.69. The molecule has 0 radical (unpaired) electrons. The monoisotopic (exact) mass is 235 g/mol. The number of hydrogen-bond donors (Lipinski definition) is 2. The second-order valence-corrected chi connectivity index (χ2v) is 6.69. The van der Waals surface area contributed by atoms with E-state index >= 15 is 0 Å². The summed E-state index contributed by atoms with van der Waals surface area (Å²) < 4.78 is 0. The van der Waals surface area contributed by atoms with E-state index in [1.807, 2.05) is 0 Å². The van der Waals surface area contributed by atoms with Crippen molar-refractivity contribution < 1.29 is 0 Å². The molecule has 96 valence electrons. The van der Waals surface area contributed by atoms with Crippen LogP contribution in [0.2, 0.25) is 0 Å². The van der Waals surface area contributed by atoms with Crippen molar-refractivity contribution in [1.29, 1.82) is 0 Å². The zero-order valence-electron chi connectivity index (χ0n) is 11.8. The third-order valence-electron chi connectivity index (χ3n) is 3.59. The van der Waals surface area contributed by atoms with E-state index in [1.165, 1.54) is 17.8 Å². The lowest BCUT2D eigenvalue weighted by Gasteiger charge is -2.39. The fourth-order valence-corrected chi connectivity index (χ4v) is 3.30. The molecule has 0 fully saturated rings. The van der Waals surface area contributed by atoms with E-state index in [0.29, 0.717) is 5.41 Å². The number of H-pyrrole nitrogens is 1. The van der Waals surface area contributed by atoms with Crippen LogP contribution < -0.4 is 5.32 Å². The van der Waals surface area contributed by atoms with Gasteiger partial charge >= 0.3 is 0 Å². The molecule has 1 aliphatic carbocycles. The predicted molar refractivity (Wildman–Crippen MR) is 71.1 cm³/mol. The van der Waals surface area contributed by atoms with Crippen LogP contribution in [0.5, 0.6) is 0 Å².